The highest BCUT2D eigenvalue weighted by molar-refractivity contribution is 7.55. The molecule has 0 aliphatic rings. The van der Waals surface area contributed by atoms with E-state index in [2.05, 4.69) is 0 Å². The molecule has 0 bridgehead atoms. The Hall–Kier alpha value is -1.32. The van der Waals surface area contributed by atoms with Crippen LogP contribution >= 0.6 is 7.60 Å². The summed E-state index contributed by atoms with van der Waals surface area (Å²) < 4.78 is 45.5. The Balaban J connectivity index is 2.76. The summed E-state index contributed by atoms with van der Waals surface area (Å²) in [5, 5.41) is 11.0. The second-order valence-electron chi connectivity index (χ2n) is 8.39. The summed E-state index contributed by atoms with van der Waals surface area (Å²) >= 11 is 0. The van der Waals surface area contributed by atoms with E-state index in [0.29, 0.717) is 19.6 Å². The van der Waals surface area contributed by atoms with Crippen molar-refractivity contribution in [1.82, 2.24) is 0 Å². The van der Waals surface area contributed by atoms with Gasteiger partial charge in [0.15, 0.2) is 5.78 Å². The SMILES string of the molecule is CCOP(=O)(OCC)C(C)C(=O)[C@H](C)[C@@H](O)[C@@H](C)[C@@H](CCOCc1ccc(OC)cc1)OCOC. The van der Waals surface area contributed by atoms with E-state index in [9.17, 15) is 14.5 Å². The van der Waals surface area contributed by atoms with Gasteiger partial charge in [0.1, 0.15) is 18.2 Å². The predicted octanol–water partition coefficient (Wildman–Crippen LogP) is 4.45. The van der Waals surface area contributed by atoms with Crippen LogP contribution < -0.4 is 4.74 Å². The smallest absolute Gasteiger partial charge is 0.340 e. The molecule has 35 heavy (non-hydrogen) atoms. The lowest BCUT2D eigenvalue weighted by Crippen LogP contribution is -2.41. The first-order valence-corrected chi connectivity index (χ1v) is 13.7. The van der Waals surface area contributed by atoms with Crippen molar-refractivity contribution in [3.63, 3.8) is 0 Å². The second kappa shape index (κ2) is 16.4. The maximum absolute atomic E-state index is 13.1. The van der Waals surface area contributed by atoms with E-state index in [1.54, 1.807) is 27.9 Å². The zero-order valence-electron chi connectivity index (χ0n) is 22.1. The van der Waals surface area contributed by atoms with Gasteiger partial charge < -0.3 is 33.1 Å². The summed E-state index contributed by atoms with van der Waals surface area (Å²) in [4.78, 5) is 13.1. The highest BCUT2D eigenvalue weighted by Crippen LogP contribution is 2.54. The molecule has 1 aromatic rings. The van der Waals surface area contributed by atoms with Crippen LogP contribution in [0, 0.1) is 11.8 Å². The molecule has 202 valence electrons. The Morgan fingerprint density at radius 1 is 1.03 bits per heavy atom. The number of ketones is 1. The van der Waals surface area contributed by atoms with Crippen LogP contribution in [0.3, 0.4) is 0 Å². The van der Waals surface area contributed by atoms with Crippen LogP contribution in [0.25, 0.3) is 0 Å². The number of aliphatic hydroxyl groups excluding tert-OH is 1. The lowest BCUT2D eigenvalue weighted by atomic mass is 9.85. The lowest BCUT2D eigenvalue weighted by Gasteiger charge is -2.32. The summed E-state index contributed by atoms with van der Waals surface area (Å²) in [5.74, 6) is -0.820. The standard InChI is InChI=1S/C25H43O9P/c1-8-33-35(28,34-9-2)20(5)25(27)19(4)24(26)18(3)23(32-17-29-6)14-15-31-16-21-10-12-22(30-7)13-11-21/h10-13,18-20,23-24,26H,8-9,14-17H2,1-7H3/t18-,19+,20?,23+,24-/m0/s1. The zero-order valence-corrected chi connectivity index (χ0v) is 23.0. The van der Waals surface area contributed by atoms with Gasteiger partial charge in [0.05, 0.1) is 39.1 Å². The molecule has 0 radical (unpaired) electrons. The molecule has 1 unspecified atom stereocenters. The maximum atomic E-state index is 13.1. The predicted molar refractivity (Wildman–Crippen MR) is 134 cm³/mol. The monoisotopic (exact) mass is 518 g/mol. The molecule has 0 aliphatic heterocycles. The number of methoxy groups -OCH3 is 2. The minimum Gasteiger partial charge on any atom is -0.497 e. The van der Waals surface area contributed by atoms with E-state index in [-0.39, 0.29) is 25.8 Å². The highest BCUT2D eigenvalue weighted by Gasteiger charge is 2.42. The number of rotatable bonds is 19. The molecule has 0 fully saturated rings. The van der Waals surface area contributed by atoms with Crippen molar-refractivity contribution < 1.29 is 42.5 Å². The molecule has 0 aliphatic carbocycles. The van der Waals surface area contributed by atoms with Crippen LogP contribution in [-0.4, -0.2) is 69.6 Å². The minimum absolute atomic E-state index is 0.0445. The van der Waals surface area contributed by atoms with Crippen molar-refractivity contribution in [2.24, 2.45) is 11.8 Å². The van der Waals surface area contributed by atoms with Crippen LogP contribution in [-0.2, 0) is 39.2 Å². The van der Waals surface area contributed by atoms with Gasteiger partial charge in [0.2, 0.25) is 0 Å². The van der Waals surface area contributed by atoms with Crippen LogP contribution in [0.2, 0.25) is 0 Å². The van der Waals surface area contributed by atoms with Crippen molar-refractivity contribution in [3.05, 3.63) is 29.8 Å². The Kier molecular flexibility index (Phi) is 14.9. The fourth-order valence-corrected chi connectivity index (χ4v) is 5.55. The minimum atomic E-state index is -3.63. The highest BCUT2D eigenvalue weighted by atomic mass is 31.2. The zero-order chi connectivity index (χ0) is 26.4. The summed E-state index contributed by atoms with van der Waals surface area (Å²) in [6.45, 7) is 9.52. The topological polar surface area (TPSA) is 110 Å². The van der Waals surface area contributed by atoms with Gasteiger partial charge in [-0.15, -0.1) is 0 Å². The molecule has 0 aromatic heterocycles. The van der Waals surface area contributed by atoms with Crippen LogP contribution in [0.5, 0.6) is 5.75 Å². The largest absolute Gasteiger partial charge is 0.497 e. The fraction of sp³-hybridized carbons (Fsp3) is 0.720. The second-order valence-corrected chi connectivity index (χ2v) is 10.8. The quantitative estimate of drug-likeness (QED) is 0.161. The van der Waals surface area contributed by atoms with Crippen molar-refractivity contribution in [2.75, 3.05) is 40.8 Å². The third kappa shape index (κ3) is 9.92. The van der Waals surface area contributed by atoms with Gasteiger partial charge in [-0.3, -0.25) is 9.36 Å². The lowest BCUT2D eigenvalue weighted by molar-refractivity contribution is -0.135. The Labute approximate surface area is 209 Å². The molecule has 9 nitrogen and oxygen atoms in total. The summed E-state index contributed by atoms with van der Waals surface area (Å²) in [6, 6.07) is 7.61. The Bertz CT molecular complexity index is 761. The molecule has 1 N–H and O–H groups in total. The van der Waals surface area contributed by atoms with Gasteiger partial charge >= 0.3 is 7.60 Å². The molecule has 0 amide bonds. The number of hydrogen-bond donors (Lipinski definition) is 1. The van der Waals surface area contributed by atoms with Gasteiger partial charge in [0.25, 0.3) is 0 Å². The molecule has 0 saturated carbocycles. The molecule has 0 spiro atoms. The van der Waals surface area contributed by atoms with Gasteiger partial charge in [-0.25, -0.2) is 0 Å². The number of ether oxygens (including phenoxy) is 4. The molecule has 1 aromatic carbocycles. The molecular formula is C25H43O9P. The Morgan fingerprint density at radius 2 is 1.63 bits per heavy atom. The van der Waals surface area contributed by atoms with E-state index in [1.807, 2.05) is 31.2 Å². The third-order valence-electron chi connectivity index (χ3n) is 5.96. The van der Waals surface area contributed by atoms with E-state index >= 15 is 0 Å². The van der Waals surface area contributed by atoms with Crippen LogP contribution in [0.15, 0.2) is 24.3 Å². The Morgan fingerprint density at radius 3 is 2.14 bits per heavy atom. The molecule has 10 heteroatoms. The van der Waals surface area contributed by atoms with Crippen molar-refractivity contribution in [2.45, 2.75) is 65.5 Å². The number of carbonyl (C=O) groups excluding carboxylic acids is 1. The number of aliphatic hydroxyl groups is 1. The molecule has 5 atom stereocenters. The maximum Gasteiger partial charge on any atom is 0.340 e. The van der Waals surface area contributed by atoms with Crippen molar-refractivity contribution in [1.29, 1.82) is 0 Å². The summed E-state index contributed by atoms with van der Waals surface area (Å²) in [6.07, 6.45) is -0.966. The first-order valence-electron chi connectivity index (χ1n) is 12.1. The number of benzene rings is 1. The first-order chi connectivity index (χ1) is 16.6. The van der Waals surface area contributed by atoms with E-state index in [4.69, 9.17) is 28.0 Å². The summed E-state index contributed by atoms with van der Waals surface area (Å²) in [7, 11) is -0.491. The van der Waals surface area contributed by atoms with Gasteiger partial charge in [-0.05, 0) is 44.9 Å². The first kappa shape index (κ1) is 31.7. The van der Waals surface area contributed by atoms with E-state index in [0.717, 1.165) is 11.3 Å². The van der Waals surface area contributed by atoms with Crippen LogP contribution in [0.1, 0.15) is 46.6 Å². The molecular weight excluding hydrogens is 475 g/mol. The molecule has 1 rings (SSSR count). The number of Topliss-reactive ketones (excluding diaryl/α,β-unsaturated/α-hetero) is 1. The van der Waals surface area contributed by atoms with Crippen LogP contribution in [0.4, 0.5) is 0 Å². The molecule has 0 heterocycles. The number of carbonyl (C=O) groups is 1. The normalized spacial score (nSPS) is 16.3. The van der Waals surface area contributed by atoms with E-state index in [1.165, 1.54) is 14.0 Å². The summed E-state index contributed by atoms with van der Waals surface area (Å²) in [5.41, 5.74) is 0.0138. The number of hydrogen-bond acceptors (Lipinski definition) is 9. The average molecular weight is 519 g/mol. The molecule has 0 saturated heterocycles. The van der Waals surface area contributed by atoms with Gasteiger partial charge in [0, 0.05) is 25.6 Å². The van der Waals surface area contributed by atoms with Crippen molar-refractivity contribution in [3.8, 4) is 5.75 Å². The van der Waals surface area contributed by atoms with Gasteiger partial charge in [-0.2, -0.15) is 0 Å². The van der Waals surface area contributed by atoms with E-state index < -0.39 is 37.3 Å². The van der Waals surface area contributed by atoms with Gasteiger partial charge in [-0.1, -0.05) is 26.0 Å². The third-order valence-corrected chi connectivity index (χ3v) is 8.40. The fourth-order valence-electron chi connectivity index (χ4n) is 3.77. The average Bonchev–Trinajstić information content (AvgIpc) is 2.86. The van der Waals surface area contributed by atoms with Crippen molar-refractivity contribution >= 4 is 13.4 Å².